The molecule has 3 aliphatic rings. The highest BCUT2D eigenvalue weighted by molar-refractivity contribution is 5.90. The number of carbonyl (C=O) groups is 1. The number of methoxy groups -OCH3 is 1. The minimum atomic E-state index is -0.288. The minimum absolute atomic E-state index is 0.120. The topological polar surface area (TPSA) is 60.5 Å². The zero-order chi connectivity index (χ0) is 20.5. The van der Waals surface area contributed by atoms with E-state index in [4.69, 9.17) is 18.9 Å². The molecule has 1 atom stereocenters. The van der Waals surface area contributed by atoms with Gasteiger partial charge in [-0.3, -0.25) is 9.80 Å². The second-order valence-electron chi connectivity index (χ2n) is 8.01. The van der Waals surface area contributed by atoms with Gasteiger partial charge in [0.25, 0.3) is 0 Å². The van der Waals surface area contributed by atoms with Crippen molar-refractivity contribution in [1.82, 2.24) is 4.90 Å². The van der Waals surface area contributed by atoms with E-state index in [0.717, 1.165) is 55.4 Å². The summed E-state index contributed by atoms with van der Waals surface area (Å²) in [7, 11) is 1.62. The van der Waals surface area contributed by atoms with Crippen molar-refractivity contribution in [2.45, 2.75) is 24.9 Å². The smallest absolute Gasteiger partial charge is 0.414 e. The van der Waals surface area contributed by atoms with Crippen LogP contribution in [0.2, 0.25) is 0 Å². The standard InChI is InChI=1S/C23H26N2O5/c1-27-19-4-2-3-18(12-19)25-14-20(30-23(25)26)13-24-9-7-16(8-10-24)17-5-6-21-22(11-17)29-15-28-21/h2-6,11-12,16,20H,7-10,13-15H2,1H3. The monoisotopic (exact) mass is 410 g/mol. The van der Waals surface area contributed by atoms with Crippen molar-refractivity contribution in [3.05, 3.63) is 48.0 Å². The van der Waals surface area contributed by atoms with Crippen LogP contribution in [0.3, 0.4) is 0 Å². The van der Waals surface area contributed by atoms with Crippen molar-refractivity contribution in [1.29, 1.82) is 0 Å². The van der Waals surface area contributed by atoms with Crippen LogP contribution in [0.15, 0.2) is 42.5 Å². The van der Waals surface area contributed by atoms with E-state index < -0.39 is 0 Å². The lowest BCUT2D eigenvalue weighted by Gasteiger charge is -2.33. The highest BCUT2D eigenvalue weighted by Crippen LogP contribution is 2.37. The van der Waals surface area contributed by atoms with Gasteiger partial charge in [-0.2, -0.15) is 0 Å². The van der Waals surface area contributed by atoms with Crippen molar-refractivity contribution in [2.75, 3.05) is 45.0 Å². The molecule has 2 aromatic carbocycles. The molecular weight excluding hydrogens is 384 g/mol. The Morgan fingerprint density at radius 3 is 2.73 bits per heavy atom. The molecule has 0 bridgehead atoms. The maximum absolute atomic E-state index is 12.4. The van der Waals surface area contributed by atoms with E-state index in [-0.39, 0.29) is 12.2 Å². The fourth-order valence-corrected chi connectivity index (χ4v) is 4.51. The Balaban J connectivity index is 1.15. The van der Waals surface area contributed by atoms with Crippen LogP contribution in [0.1, 0.15) is 24.3 Å². The molecule has 0 spiro atoms. The molecule has 3 heterocycles. The lowest BCUT2D eigenvalue weighted by atomic mass is 9.89. The number of hydrogen-bond acceptors (Lipinski definition) is 6. The van der Waals surface area contributed by atoms with Crippen molar-refractivity contribution in [3.63, 3.8) is 0 Å². The zero-order valence-corrected chi connectivity index (χ0v) is 17.1. The summed E-state index contributed by atoms with van der Waals surface area (Å²) < 4.78 is 21.8. The molecule has 7 nitrogen and oxygen atoms in total. The molecule has 2 saturated heterocycles. The summed E-state index contributed by atoms with van der Waals surface area (Å²) in [5.74, 6) is 2.94. The van der Waals surface area contributed by atoms with Gasteiger partial charge >= 0.3 is 6.09 Å². The second-order valence-corrected chi connectivity index (χ2v) is 8.01. The van der Waals surface area contributed by atoms with Gasteiger partial charge in [-0.05, 0) is 61.7 Å². The van der Waals surface area contributed by atoms with Crippen molar-refractivity contribution < 1.29 is 23.7 Å². The van der Waals surface area contributed by atoms with Crippen LogP contribution in [0.4, 0.5) is 10.5 Å². The van der Waals surface area contributed by atoms with Gasteiger partial charge in [-0.1, -0.05) is 12.1 Å². The van der Waals surface area contributed by atoms with E-state index in [1.54, 1.807) is 12.0 Å². The summed E-state index contributed by atoms with van der Waals surface area (Å²) in [5, 5.41) is 0. The summed E-state index contributed by atoms with van der Waals surface area (Å²) in [5.41, 5.74) is 2.12. The third kappa shape index (κ3) is 3.77. The van der Waals surface area contributed by atoms with Crippen molar-refractivity contribution >= 4 is 11.8 Å². The van der Waals surface area contributed by atoms with Crippen LogP contribution in [-0.4, -0.2) is 57.2 Å². The average Bonchev–Trinajstić information content (AvgIpc) is 3.40. The van der Waals surface area contributed by atoms with Crippen molar-refractivity contribution in [3.8, 4) is 17.2 Å². The van der Waals surface area contributed by atoms with E-state index in [0.29, 0.717) is 19.3 Å². The molecule has 0 aromatic heterocycles. The third-order valence-corrected chi connectivity index (χ3v) is 6.16. The highest BCUT2D eigenvalue weighted by atomic mass is 16.7. The Labute approximate surface area is 176 Å². The number of ether oxygens (including phenoxy) is 4. The summed E-state index contributed by atoms with van der Waals surface area (Å²) in [6.45, 7) is 3.62. The van der Waals surface area contributed by atoms with E-state index in [1.165, 1.54) is 5.56 Å². The molecule has 30 heavy (non-hydrogen) atoms. The molecule has 0 N–H and O–H groups in total. The van der Waals surface area contributed by atoms with Crippen LogP contribution in [0.25, 0.3) is 0 Å². The van der Waals surface area contributed by atoms with Crippen molar-refractivity contribution in [2.24, 2.45) is 0 Å². The molecule has 0 saturated carbocycles. The van der Waals surface area contributed by atoms with Gasteiger partial charge < -0.3 is 18.9 Å². The Kier molecular flexibility index (Phi) is 5.12. The number of anilines is 1. The van der Waals surface area contributed by atoms with Crippen LogP contribution in [-0.2, 0) is 4.74 Å². The summed E-state index contributed by atoms with van der Waals surface area (Å²) in [6.07, 6.45) is 1.76. The van der Waals surface area contributed by atoms with Gasteiger partial charge in [0.05, 0.1) is 19.3 Å². The molecule has 0 radical (unpaired) electrons. The Morgan fingerprint density at radius 2 is 1.90 bits per heavy atom. The second kappa shape index (κ2) is 8.07. The fourth-order valence-electron chi connectivity index (χ4n) is 4.51. The number of hydrogen-bond donors (Lipinski definition) is 0. The first-order chi connectivity index (χ1) is 14.7. The van der Waals surface area contributed by atoms with Crippen LogP contribution >= 0.6 is 0 Å². The van der Waals surface area contributed by atoms with E-state index in [1.807, 2.05) is 30.3 Å². The molecule has 1 unspecified atom stereocenters. The molecule has 2 fully saturated rings. The molecule has 3 aliphatic heterocycles. The van der Waals surface area contributed by atoms with Gasteiger partial charge in [0.1, 0.15) is 11.9 Å². The summed E-state index contributed by atoms with van der Waals surface area (Å²) in [4.78, 5) is 16.5. The predicted molar refractivity (Wildman–Crippen MR) is 112 cm³/mol. The predicted octanol–water partition coefficient (Wildman–Crippen LogP) is 3.63. The van der Waals surface area contributed by atoms with Gasteiger partial charge in [0.2, 0.25) is 6.79 Å². The maximum atomic E-state index is 12.4. The quantitative estimate of drug-likeness (QED) is 0.750. The number of fused-ring (bicyclic) bond motifs is 1. The lowest BCUT2D eigenvalue weighted by Crippen LogP contribution is -2.39. The molecule has 158 valence electrons. The summed E-state index contributed by atoms with van der Waals surface area (Å²) in [6, 6.07) is 13.8. The first-order valence-corrected chi connectivity index (χ1v) is 10.4. The van der Waals surface area contributed by atoms with E-state index in [2.05, 4.69) is 17.0 Å². The lowest BCUT2D eigenvalue weighted by molar-refractivity contribution is 0.0976. The average molecular weight is 410 g/mol. The first-order valence-electron chi connectivity index (χ1n) is 10.4. The maximum Gasteiger partial charge on any atom is 0.414 e. The number of rotatable bonds is 5. The van der Waals surface area contributed by atoms with Gasteiger partial charge in [-0.25, -0.2) is 4.79 Å². The number of benzene rings is 2. The number of carbonyl (C=O) groups excluding carboxylic acids is 1. The third-order valence-electron chi connectivity index (χ3n) is 6.16. The number of likely N-dealkylation sites (tertiary alicyclic amines) is 1. The molecule has 2 aromatic rings. The first kappa shape index (κ1) is 19.1. The highest BCUT2D eigenvalue weighted by Gasteiger charge is 2.34. The zero-order valence-electron chi connectivity index (χ0n) is 17.1. The number of amides is 1. The molecule has 0 aliphatic carbocycles. The normalized spacial score (nSPS) is 21.7. The molecule has 1 amide bonds. The number of nitrogens with zero attached hydrogens (tertiary/aromatic N) is 2. The molecular formula is C23H26N2O5. The Bertz CT molecular complexity index is 926. The van der Waals surface area contributed by atoms with E-state index in [9.17, 15) is 4.79 Å². The fraction of sp³-hybridized carbons (Fsp3) is 0.435. The summed E-state index contributed by atoms with van der Waals surface area (Å²) >= 11 is 0. The SMILES string of the molecule is COc1cccc(N2CC(CN3CCC(c4ccc5c(c4)OCO5)CC3)OC2=O)c1. The minimum Gasteiger partial charge on any atom is -0.497 e. The number of piperidine rings is 1. The van der Waals surface area contributed by atoms with Gasteiger partial charge in [0, 0.05) is 12.6 Å². The number of cyclic esters (lactones) is 1. The van der Waals surface area contributed by atoms with Gasteiger partial charge in [0.15, 0.2) is 11.5 Å². The molecule has 5 rings (SSSR count). The largest absolute Gasteiger partial charge is 0.497 e. The van der Waals surface area contributed by atoms with Crippen LogP contribution in [0, 0.1) is 0 Å². The van der Waals surface area contributed by atoms with Gasteiger partial charge in [-0.15, -0.1) is 0 Å². The Hall–Kier alpha value is -2.93. The molecule has 7 heteroatoms. The van der Waals surface area contributed by atoms with Crippen LogP contribution in [0.5, 0.6) is 17.2 Å². The Morgan fingerprint density at radius 1 is 1.07 bits per heavy atom. The van der Waals surface area contributed by atoms with E-state index >= 15 is 0 Å². The van der Waals surface area contributed by atoms with Crippen LogP contribution < -0.4 is 19.1 Å².